The Hall–Kier alpha value is -0.600. The number of allylic oxidation sites excluding steroid dienone is 1. The number of rotatable bonds is 2. The third-order valence-electron chi connectivity index (χ3n) is 3.13. The predicted molar refractivity (Wildman–Crippen MR) is 73.6 cm³/mol. The van der Waals surface area contributed by atoms with Gasteiger partial charge < -0.3 is 0 Å². The molecule has 1 aromatic carbocycles. The van der Waals surface area contributed by atoms with Gasteiger partial charge in [-0.15, -0.1) is 0 Å². The Morgan fingerprint density at radius 3 is 2.29 bits per heavy atom. The lowest BCUT2D eigenvalue weighted by Crippen LogP contribution is -2.00. The molecular weight excluding hydrogens is 252 g/mol. The first kappa shape index (κ1) is 12.8. The first-order valence-electron chi connectivity index (χ1n) is 6.04. The van der Waals surface area contributed by atoms with E-state index in [1.165, 1.54) is 30.4 Å². The summed E-state index contributed by atoms with van der Waals surface area (Å²) in [6, 6.07) is 7.75. The molecule has 1 unspecified atom stereocenters. The molecule has 3 heteroatoms. The molecule has 0 amide bonds. The zero-order valence-corrected chi connectivity index (χ0v) is 11.6. The molecule has 0 aromatic heterocycles. The van der Waals surface area contributed by atoms with Gasteiger partial charge in [0.1, 0.15) is 4.36 Å². The Labute approximate surface area is 110 Å². The van der Waals surface area contributed by atoms with Gasteiger partial charge in [-0.1, -0.05) is 35.7 Å². The molecule has 0 bridgehead atoms. The van der Waals surface area contributed by atoms with Crippen LogP contribution in [0.4, 0.5) is 0 Å². The number of hydrogen-bond acceptors (Lipinski definition) is 1. The van der Waals surface area contributed by atoms with Crippen molar-refractivity contribution in [3.63, 3.8) is 0 Å². The van der Waals surface area contributed by atoms with E-state index in [4.69, 9.17) is 11.6 Å². The van der Waals surface area contributed by atoms with Crippen molar-refractivity contribution in [2.24, 2.45) is 0 Å². The zero-order chi connectivity index (χ0) is 12.3. The summed E-state index contributed by atoms with van der Waals surface area (Å²) in [7, 11) is -1.19. The molecule has 1 saturated carbocycles. The number of halogens is 1. The van der Waals surface area contributed by atoms with Gasteiger partial charge in [-0.25, -0.2) is 4.21 Å². The molecular formula is C14H17ClOS. The largest absolute Gasteiger partial charge is 0.248 e. The van der Waals surface area contributed by atoms with E-state index in [1.54, 1.807) is 0 Å². The molecule has 0 radical (unpaired) electrons. The highest BCUT2D eigenvalue weighted by atomic mass is 35.5. The highest BCUT2D eigenvalue weighted by molar-refractivity contribution is 7.90. The van der Waals surface area contributed by atoms with Crippen LogP contribution in [0.25, 0.3) is 0 Å². The summed E-state index contributed by atoms with van der Waals surface area (Å²) in [6.45, 7) is 2.02. The maximum atomic E-state index is 12.3. The Morgan fingerprint density at radius 2 is 1.71 bits per heavy atom. The highest BCUT2D eigenvalue weighted by Gasteiger charge is 2.15. The molecule has 1 aromatic rings. The molecule has 1 atom stereocenters. The lowest BCUT2D eigenvalue weighted by Gasteiger charge is -2.15. The molecule has 1 aliphatic carbocycles. The molecule has 17 heavy (non-hydrogen) atoms. The Balaban J connectivity index is 2.21. The molecule has 0 heterocycles. The second kappa shape index (κ2) is 5.83. The molecule has 1 fully saturated rings. The van der Waals surface area contributed by atoms with E-state index in [1.807, 2.05) is 31.2 Å². The summed E-state index contributed by atoms with van der Waals surface area (Å²) in [5, 5.41) is 0. The van der Waals surface area contributed by atoms with E-state index < -0.39 is 10.8 Å². The van der Waals surface area contributed by atoms with E-state index in [0.717, 1.165) is 17.7 Å². The fraction of sp³-hybridized carbons (Fsp3) is 0.429. The molecule has 0 spiro atoms. The van der Waals surface area contributed by atoms with Crippen LogP contribution in [0, 0.1) is 6.92 Å². The van der Waals surface area contributed by atoms with Gasteiger partial charge in [0, 0.05) is 4.90 Å². The average Bonchev–Trinajstić information content (AvgIpc) is 2.39. The van der Waals surface area contributed by atoms with Crippen LogP contribution in [0.5, 0.6) is 0 Å². The van der Waals surface area contributed by atoms with Crippen LogP contribution in [0.1, 0.15) is 37.7 Å². The second-order valence-electron chi connectivity index (χ2n) is 4.52. The summed E-state index contributed by atoms with van der Waals surface area (Å²) < 4.78 is 12.8. The monoisotopic (exact) mass is 268 g/mol. The van der Waals surface area contributed by atoms with Crippen LogP contribution in [0.15, 0.2) is 39.1 Å². The van der Waals surface area contributed by atoms with Gasteiger partial charge in [0.15, 0.2) is 0 Å². The van der Waals surface area contributed by atoms with Crippen LogP contribution in [-0.4, -0.2) is 4.21 Å². The summed E-state index contributed by atoms with van der Waals surface area (Å²) in [4.78, 5) is 0.804. The van der Waals surface area contributed by atoms with Crippen molar-refractivity contribution < 1.29 is 4.21 Å². The minimum absolute atomic E-state index is 0.563. The first-order chi connectivity index (χ1) is 8.18. The standard InChI is InChI=1S/C14H17ClOS/c1-11-7-9-13(10-8-11)17(16)14(15)12-5-3-2-4-6-12/h7-10H,2-6H2,1H3. The summed E-state index contributed by atoms with van der Waals surface area (Å²) in [6.07, 6.45) is 5.64. The molecule has 0 saturated heterocycles. The van der Waals surface area contributed by atoms with Gasteiger partial charge in [-0.2, -0.15) is 0 Å². The fourth-order valence-electron chi connectivity index (χ4n) is 2.07. The van der Waals surface area contributed by atoms with Crippen molar-refractivity contribution >= 4 is 22.4 Å². The number of hydrogen-bond donors (Lipinski definition) is 0. The molecule has 1 nitrogen and oxygen atoms in total. The van der Waals surface area contributed by atoms with Gasteiger partial charge >= 0.3 is 0 Å². The van der Waals surface area contributed by atoms with E-state index >= 15 is 0 Å². The lowest BCUT2D eigenvalue weighted by molar-refractivity contribution is 0.598. The third kappa shape index (κ3) is 3.20. The molecule has 1 aliphatic rings. The molecule has 0 aliphatic heterocycles. The summed E-state index contributed by atoms with van der Waals surface area (Å²) >= 11 is 6.26. The normalized spacial score (nSPS) is 17.9. The maximum Gasteiger partial charge on any atom is 0.109 e. The van der Waals surface area contributed by atoms with Gasteiger partial charge in [0.2, 0.25) is 0 Å². The van der Waals surface area contributed by atoms with E-state index in [0.29, 0.717) is 4.36 Å². The highest BCUT2D eigenvalue weighted by Crippen LogP contribution is 2.31. The van der Waals surface area contributed by atoms with Gasteiger partial charge in [-0.3, -0.25) is 0 Å². The topological polar surface area (TPSA) is 17.1 Å². The van der Waals surface area contributed by atoms with Gasteiger partial charge in [0.25, 0.3) is 0 Å². The average molecular weight is 269 g/mol. The predicted octanol–water partition coefficient (Wildman–Crippen LogP) is 4.52. The lowest BCUT2D eigenvalue weighted by atomic mass is 9.96. The van der Waals surface area contributed by atoms with Crippen molar-refractivity contribution in [2.75, 3.05) is 0 Å². The van der Waals surface area contributed by atoms with Crippen molar-refractivity contribution in [1.29, 1.82) is 0 Å². The van der Waals surface area contributed by atoms with Crippen molar-refractivity contribution in [3.05, 3.63) is 39.8 Å². The van der Waals surface area contributed by atoms with Crippen molar-refractivity contribution in [3.8, 4) is 0 Å². The van der Waals surface area contributed by atoms with Gasteiger partial charge in [-0.05, 0) is 50.3 Å². The SMILES string of the molecule is Cc1ccc(S(=O)C(Cl)=C2CCCCC2)cc1. The van der Waals surface area contributed by atoms with Crippen LogP contribution in [-0.2, 0) is 10.8 Å². The minimum atomic E-state index is -1.19. The quantitative estimate of drug-likeness (QED) is 0.771. The van der Waals surface area contributed by atoms with Gasteiger partial charge in [0.05, 0.1) is 10.8 Å². The molecule has 0 N–H and O–H groups in total. The fourth-order valence-corrected chi connectivity index (χ4v) is 3.58. The number of benzene rings is 1. The minimum Gasteiger partial charge on any atom is -0.248 e. The maximum absolute atomic E-state index is 12.3. The van der Waals surface area contributed by atoms with E-state index in [-0.39, 0.29) is 0 Å². The van der Waals surface area contributed by atoms with Crippen molar-refractivity contribution in [2.45, 2.75) is 43.9 Å². The third-order valence-corrected chi connectivity index (χ3v) is 5.14. The number of aryl methyl sites for hydroxylation is 1. The smallest absolute Gasteiger partial charge is 0.109 e. The Kier molecular flexibility index (Phi) is 4.41. The van der Waals surface area contributed by atoms with Crippen LogP contribution < -0.4 is 0 Å². The molecule has 92 valence electrons. The van der Waals surface area contributed by atoms with E-state index in [9.17, 15) is 4.21 Å². The van der Waals surface area contributed by atoms with Crippen molar-refractivity contribution in [1.82, 2.24) is 0 Å². The van der Waals surface area contributed by atoms with Crippen LogP contribution >= 0.6 is 11.6 Å². The molecule has 2 rings (SSSR count). The zero-order valence-electron chi connectivity index (χ0n) is 10.0. The van der Waals surface area contributed by atoms with Crippen LogP contribution in [0.2, 0.25) is 0 Å². The summed E-state index contributed by atoms with van der Waals surface area (Å²) in [5.41, 5.74) is 2.36. The Morgan fingerprint density at radius 1 is 1.12 bits per heavy atom. The van der Waals surface area contributed by atoms with Crippen LogP contribution in [0.3, 0.4) is 0 Å². The Bertz CT molecular complexity index is 440. The first-order valence-corrected chi connectivity index (χ1v) is 7.57. The summed E-state index contributed by atoms with van der Waals surface area (Å²) in [5.74, 6) is 0. The van der Waals surface area contributed by atoms with E-state index in [2.05, 4.69) is 0 Å². The second-order valence-corrected chi connectivity index (χ2v) is 6.54.